The van der Waals surface area contributed by atoms with Crippen LogP contribution >= 0.6 is 0 Å². The number of carbonyl (C=O) groups excluding carboxylic acids is 1. The summed E-state index contributed by atoms with van der Waals surface area (Å²) in [5.41, 5.74) is 0.609. The van der Waals surface area contributed by atoms with Gasteiger partial charge in [-0.15, -0.1) is 0 Å². The summed E-state index contributed by atoms with van der Waals surface area (Å²) < 4.78 is 5.73. The van der Waals surface area contributed by atoms with Crippen LogP contribution in [0.4, 0.5) is 0 Å². The quantitative estimate of drug-likeness (QED) is 0.334. The number of aliphatic hydroxyl groups excluding tert-OH is 5. The highest BCUT2D eigenvalue weighted by Crippen LogP contribution is 2.47. The summed E-state index contributed by atoms with van der Waals surface area (Å²) in [4.78, 5) is 13.1. The van der Waals surface area contributed by atoms with Gasteiger partial charge in [-0.1, -0.05) is 18.2 Å². The molecule has 6 atom stereocenters. The molecule has 30 heavy (non-hydrogen) atoms. The van der Waals surface area contributed by atoms with Gasteiger partial charge >= 0.3 is 0 Å². The van der Waals surface area contributed by atoms with Crippen LogP contribution < -0.4 is 0 Å². The summed E-state index contributed by atoms with van der Waals surface area (Å²) in [7, 11) is 0. The zero-order chi connectivity index (χ0) is 21.7. The van der Waals surface area contributed by atoms with Crippen LogP contribution in [-0.4, -0.2) is 78.7 Å². The van der Waals surface area contributed by atoms with E-state index in [1.165, 1.54) is 24.3 Å². The largest absolute Gasteiger partial charge is 0.507 e. The molecule has 0 bridgehead atoms. The van der Waals surface area contributed by atoms with Crippen LogP contribution in [0.25, 0.3) is 0 Å². The summed E-state index contributed by atoms with van der Waals surface area (Å²) in [6.45, 7) is -1.06. The van der Waals surface area contributed by atoms with Crippen molar-refractivity contribution in [1.82, 2.24) is 0 Å². The Labute approximate surface area is 171 Å². The molecule has 2 aromatic carbocycles. The molecule has 0 aromatic heterocycles. The van der Waals surface area contributed by atoms with E-state index in [0.29, 0.717) is 5.56 Å². The lowest BCUT2D eigenvalue weighted by Gasteiger charge is -2.45. The normalized spacial score (nSPS) is 30.6. The van der Waals surface area contributed by atoms with Gasteiger partial charge < -0.3 is 40.5 Å². The molecule has 9 nitrogen and oxygen atoms in total. The molecule has 160 valence electrons. The minimum Gasteiger partial charge on any atom is -0.507 e. The highest BCUT2D eigenvalue weighted by molar-refractivity contribution is 6.16. The Balaban J connectivity index is 1.96. The van der Waals surface area contributed by atoms with Crippen molar-refractivity contribution in [2.24, 2.45) is 0 Å². The van der Waals surface area contributed by atoms with Gasteiger partial charge in [-0.25, -0.2) is 0 Å². The molecule has 1 fully saturated rings. The van der Waals surface area contributed by atoms with E-state index >= 15 is 0 Å². The van der Waals surface area contributed by atoms with Crippen LogP contribution in [-0.2, 0) is 11.3 Å². The number of aliphatic hydroxyl groups is 5. The number of rotatable bonds is 3. The number of aromatic hydroxyl groups is 2. The van der Waals surface area contributed by atoms with Gasteiger partial charge in [-0.2, -0.15) is 0 Å². The highest BCUT2D eigenvalue weighted by Gasteiger charge is 2.50. The lowest BCUT2D eigenvalue weighted by Crippen LogP contribution is -2.60. The summed E-state index contributed by atoms with van der Waals surface area (Å²) in [6.07, 6.45) is -7.22. The van der Waals surface area contributed by atoms with Crippen molar-refractivity contribution in [3.05, 3.63) is 58.1 Å². The topological polar surface area (TPSA) is 168 Å². The molecule has 9 heteroatoms. The fourth-order valence-corrected chi connectivity index (χ4v) is 4.41. The maximum Gasteiger partial charge on any atom is 0.201 e. The average molecular weight is 418 g/mol. The maximum absolute atomic E-state index is 13.1. The van der Waals surface area contributed by atoms with Gasteiger partial charge in [0.2, 0.25) is 5.78 Å². The first-order chi connectivity index (χ1) is 14.3. The van der Waals surface area contributed by atoms with E-state index in [9.17, 15) is 40.5 Å². The van der Waals surface area contributed by atoms with Gasteiger partial charge in [-0.3, -0.25) is 4.79 Å². The van der Waals surface area contributed by atoms with E-state index in [1.54, 1.807) is 6.07 Å². The van der Waals surface area contributed by atoms with E-state index in [4.69, 9.17) is 4.74 Å². The van der Waals surface area contributed by atoms with Gasteiger partial charge in [0.1, 0.15) is 35.9 Å². The summed E-state index contributed by atoms with van der Waals surface area (Å²) in [6, 6.07) is 7.06. The zero-order valence-electron chi connectivity index (χ0n) is 15.7. The van der Waals surface area contributed by atoms with Crippen molar-refractivity contribution in [1.29, 1.82) is 0 Å². The lowest BCUT2D eigenvalue weighted by atomic mass is 9.71. The van der Waals surface area contributed by atoms with Gasteiger partial charge in [-0.05, 0) is 28.8 Å². The third-order valence-electron chi connectivity index (χ3n) is 5.85. The summed E-state index contributed by atoms with van der Waals surface area (Å²) in [5.74, 6) is -2.34. The SMILES string of the molecule is O=C1c2c(O)cccc2[C@H]([C@H]2O[C@@H](CO)[C@@H](O)[C@@H](O)[C@@H]2O)c2cc(CO)cc(O)c21. The third-order valence-corrected chi connectivity index (χ3v) is 5.85. The Morgan fingerprint density at radius 1 is 0.867 bits per heavy atom. The number of phenolic OH excluding ortho intramolecular Hbond substituents is 2. The van der Waals surface area contributed by atoms with E-state index in [-0.39, 0.29) is 28.0 Å². The second-order valence-corrected chi connectivity index (χ2v) is 7.58. The fraction of sp³-hybridized carbons (Fsp3) is 0.381. The predicted molar refractivity (Wildman–Crippen MR) is 101 cm³/mol. The summed E-state index contributed by atoms with van der Waals surface area (Å²) in [5, 5.41) is 71.0. The second kappa shape index (κ2) is 7.62. The van der Waals surface area contributed by atoms with Crippen molar-refractivity contribution in [2.75, 3.05) is 6.61 Å². The van der Waals surface area contributed by atoms with Crippen molar-refractivity contribution >= 4 is 5.78 Å². The van der Waals surface area contributed by atoms with Crippen LogP contribution in [0.15, 0.2) is 30.3 Å². The Kier molecular flexibility index (Phi) is 5.27. The van der Waals surface area contributed by atoms with Crippen LogP contribution in [0.5, 0.6) is 11.5 Å². The first-order valence-electron chi connectivity index (χ1n) is 9.43. The van der Waals surface area contributed by atoms with Crippen molar-refractivity contribution in [3.8, 4) is 11.5 Å². The molecule has 0 spiro atoms. The van der Waals surface area contributed by atoms with Crippen LogP contribution in [0.1, 0.15) is 38.5 Å². The van der Waals surface area contributed by atoms with Gasteiger partial charge in [0.25, 0.3) is 0 Å². The van der Waals surface area contributed by atoms with Gasteiger partial charge in [0.05, 0.1) is 30.4 Å². The molecule has 7 N–H and O–H groups in total. The van der Waals surface area contributed by atoms with Crippen molar-refractivity contribution in [2.45, 2.75) is 43.0 Å². The molecule has 1 aliphatic carbocycles. The lowest BCUT2D eigenvalue weighted by molar-refractivity contribution is -0.232. The molecule has 4 rings (SSSR count). The van der Waals surface area contributed by atoms with Gasteiger partial charge in [0, 0.05) is 5.92 Å². The molecule has 1 aliphatic heterocycles. The van der Waals surface area contributed by atoms with Gasteiger partial charge in [0.15, 0.2) is 0 Å². The molecule has 1 heterocycles. The molecule has 0 radical (unpaired) electrons. The number of ketones is 1. The fourth-order valence-electron chi connectivity index (χ4n) is 4.41. The Morgan fingerprint density at radius 2 is 1.57 bits per heavy atom. The molecule has 2 aromatic rings. The number of ether oxygens (including phenoxy) is 1. The minimum absolute atomic E-state index is 0.0843. The number of carbonyl (C=O) groups is 1. The van der Waals surface area contributed by atoms with E-state index < -0.39 is 61.2 Å². The van der Waals surface area contributed by atoms with Crippen LogP contribution in [0.2, 0.25) is 0 Å². The number of fused-ring (bicyclic) bond motifs is 2. The molecular weight excluding hydrogens is 396 g/mol. The number of benzene rings is 2. The first kappa shape index (κ1) is 20.7. The van der Waals surface area contributed by atoms with E-state index in [0.717, 1.165) is 0 Å². The van der Waals surface area contributed by atoms with E-state index in [1.807, 2.05) is 0 Å². The monoisotopic (exact) mass is 418 g/mol. The van der Waals surface area contributed by atoms with Crippen molar-refractivity contribution in [3.63, 3.8) is 0 Å². The zero-order valence-corrected chi connectivity index (χ0v) is 15.7. The average Bonchev–Trinajstić information content (AvgIpc) is 2.73. The van der Waals surface area contributed by atoms with Crippen LogP contribution in [0, 0.1) is 0 Å². The van der Waals surface area contributed by atoms with E-state index in [2.05, 4.69) is 0 Å². The number of hydrogen-bond acceptors (Lipinski definition) is 9. The smallest absolute Gasteiger partial charge is 0.201 e. The standard InChI is InChI=1S/C21H22O9/c22-6-8-4-10-14(21-20(29)19(28)17(26)13(7-23)30-21)9-2-1-3-11(24)15(9)18(27)16(10)12(25)5-8/h1-5,13-14,17,19-26,28-29H,6-7H2/t13-,14-,17+,19+,20-,21+/m0/s1. The molecule has 2 aliphatic rings. The Bertz CT molecular complexity index is 987. The third kappa shape index (κ3) is 2.99. The second-order valence-electron chi connectivity index (χ2n) is 7.58. The highest BCUT2D eigenvalue weighted by atomic mass is 16.5. The molecule has 0 saturated carbocycles. The molecule has 0 amide bonds. The molecule has 0 unspecified atom stereocenters. The maximum atomic E-state index is 13.1. The Hall–Kier alpha value is -2.53. The minimum atomic E-state index is -1.64. The molecule has 1 saturated heterocycles. The molecular formula is C21H22O9. The summed E-state index contributed by atoms with van der Waals surface area (Å²) >= 11 is 0. The van der Waals surface area contributed by atoms with Crippen molar-refractivity contribution < 1.29 is 45.3 Å². The number of phenols is 2. The number of hydrogen-bond donors (Lipinski definition) is 7. The van der Waals surface area contributed by atoms with Crippen LogP contribution in [0.3, 0.4) is 0 Å². The Morgan fingerprint density at radius 3 is 2.23 bits per heavy atom. The predicted octanol–water partition coefficient (Wildman–Crippen LogP) is -0.891. The first-order valence-corrected chi connectivity index (χ1v) is 9.43.